The van der Waals surface area contributed by atoms with Gasteiger partial charge in [0.15, 0.2) is 0 Å². The highest BCUT2D eigenvalue weighted by Crippen LogP contribution is 2.15. The molecular formula is C15H20ClNO2. The van der Waals surface area contributed by atoms with Gasteiger partial charge < -0.3 is 10.4 Å². The molecule has 0 saturated heterocycles. The predicted molar refractivity (Wildman–Crippen MR) is 79.0 cm³/mol. The fourth-order valence-corrected chi connectivity index (χ4v) is 1.88. The zero-order chi connectivity index (χ0) is 14.3. The van der Waals surface area contributed by atoms with E-state index in [0.717, 1.165) is 5.56 Å². The van der Waals surface area contributed by atoms with Crippen LogP contribution < -0.4 is 5.32 Å². The van der Waals surface area contributed by atoms with E-state index < -0.39 is 6.10 Å². The first-order chi connectivity index (χ1) is 8.99. The highest BCUT2D eigenvalue weighted by atomic mass is 35.5. The molecule has 2 N–H and O–H groups in total. The Morgan fingerprint density at radius 1 is 1.42 bits per heavy atom. The molecule has 0 bridgehead atoms. The minimum atomic E-state index is -0.502. The lowest BCUT2D eigenvalue weighted by Crippen LogP contribution is -2.31. The van der Waals surface area contributed by atoms with Crippen molar-refractivity contribution in [1.82, 2.24) is 5.32 Å². The van der Waals surface area contributed by atoms with Crippen LogP contribution in [0.4, 0.5) is 0 Å². The maximum atomic E-state index is 11.6. The van der Waals surface area contributed by atoms with Gasteiger partial charge in [0.25, 0.3) is 0 Å². The lowest BCUT2D eigenvalue weighted by molar-refractivity contribution is -0.116. The van der Waals surface area contributed by atoms with Crippen LogP contribution >= 0.6 is 11.6 Å². The van der Waals surface area contributed by atoms with Crippen molar-refractivity contribution in [3.63, 3.8) is 0 Å². The largest absolute Gasteiger partial charge is 0.391 e. The number of rotatable bonds is 6. The third kappa shape index (κ3) is 6.41. The van der Waals surface area contributed by atoms with Gasteiger partial charge in [0.05, 0.1) is 6.10 Å². The van der Waals surface area contributed by atoms with E-state index in [9.17, 15) is 9.90 Å². The van der Waals surface area contributed by atoms with Crippen molar-refractivity contribution in [3.8, 4) is 0 Å². The standard InChI is InChI=1S/C15H20ClNO2/c1-11(2)9-13(18)10-17-15(19)8-7-12-5-3-4-6-14(12)16/h3-8,11,13,18H,9-10H2,1-2H3,(H,17,19)/b8-7+. The summed E-state index contributed by atoms with van der Waals surface area (Å²) >= 11 is 5.97. The molecular weight excluding hydrogens is 262 g/mol. The minimum Gasteiger partial charge on any atom is -0.391 e. The summed E-state index contributed by atoms with van der Waals surface area (Å²) in [6, 6.07) is 7.29. The minimum absolute atomic E-state index is 0.234. The second-order valence-electron chi connectivity index (χ2n) is 4.88. The normalized spacial score (nSPS) is 12.9. The monoisotopic (exact) mass is 281 g/mol. The molecule has 1 rings (SSSR count). The number of carbonyl (C=O) groups is 1. The molecule has 0 fully saturated rings. The number of benzene rings is 1. The molecule has 4 heteroatoms. The first-order valence-electron chi connectivity index (χ1n) is 6.37. The number of amides is 1. The molecule has 1 atom stereocenters. The van der Waals surface area contributed by atoms with Gasteiger partial charge in [-0.2, -0.15) is 0 Å². The van der Waals surface area contributed by atoms with Crippen LogP contribution in [0.3, 0.4) is 0 Å². The second-order valence-corrected chi connectivity index (χ2v) is 5.29. The van der Waals surface area contributed by atoms with Crippen LogP contribution in [0.25, 0.3) is 6.08 Å². The molecule has 0 aliphatic carbocycles. The van der Waals surface area contributed by atoms with Gasteiger partial charge in [0.1, 0.15) is 0 Å². The lowest BCUT2D eigenvalue weighted by atomic mass is 10.1. The highest BCUT2D eigenvalue weighted by Gasteiger charge is 2.07. The van der Waals surface area contributed by atoms with Crippen molar-refractivity contribution in [2.24, 2.45) is 5.92 Å². The average Bonchev–Trinajstić information content (AvgIpc) is 2.34. The number of halogens is 1. The van der Waals surface area contributed by atoms with Crippen molar-refractivity contribution >= 4 is 23.6 Å². The molecule has 0 spiro atoms. The molecule has 0 aliphatic heterocycles. The molecule has 1 aromatic carbocycles. The van der Waals surface area contributed by atoms with Crippen LogP contribution in [-0.4, -0.2) is 23.7 Å². The highest BCUT2D eigenvalue weighted by molar-refractivity contribution is 6.32. The van der Waals surface area contributed by atoms with E-state index in [-0.39, 0.29) is 12.5 Å². The number of carbonyl (C=O) groups excluding carboxylic acids is 1. The zero-order valence-corrected chi connectivity index (χ0v) is 12.0. The lowest BCUT2D eigenvalue weighted by Gasteiger charge is -2.12. The van der Waals surface area contributed by atoms with Crippen LogP contribution in [0.15, 0.2) is 30.3 Å². The van der Waals surface area contributed by atoms with Crippen molar-refractivity contribution in [2.45, 2.75) is 26.4 Å². The number of hydrogen-bond donors (Lipinski definition) is 2. The Morgan fingerprint density at radius 2 is 2.11 bits per heavy atom. The molecule has 0 aliphatic rings. The summed E-state index contributed by atoms with van der Waals surface area (Å²) in [5.41, 5.74) is 0.794. The maximum Gasteiger partial charge on any atom is 0.244 e. The zero-order valence-electron chi connectivity index (χ0n) is 11.3. The molecule has 1 aromatic rings. The molecule has 0 heterocycles. The summed E-state index contributed by atoms with van der Waals surface area (Å²) in [6.45, 7) is 4.33. The summed E-state index contributed by atoms with van der Waals surface area (Å²) in [6.07, 6.45) is 3.25. The Kier molecular flexibility index (Phi) is 6.60. The van der Waals surface area contributed by atoms with Gasteiger partial charge in [-0.3, -0.25) is 4.79 Å². The van der Waals surface area contributed by atoms with Crippen LogP contribution in [0.1, 0.15) is 25.8 Å². The van der Waals surface area contributed by atoms with Crippen molar-refractivity contribution < 1.29 is 9.90 Å². The predicted octanol–water partition coefficient (Wildman–Crippen LogP) is 2.88. The van der Waals surface area contributed by atoms with E-state index in [2.05, 4.69) is 5.32 Å². The van der Waals surface area contributed by atoms with E-state index in [1.807, 2.05) is 32.0 Å². The summed E-state index contributed by atoms with van der Waals surface area (Å²) in [5.74, 6) is 0.174. The molecule has 3 nitrogen and oxygen atoms in total. The first kappa shape index (κ1) is 15.7. The molecule has 1 unspecified atom stereocenters. The third-order valence-electron chi connectivity index (χ3n) is 2.57. The van der Waals surface area contributed by atoms with Gasteiger partial charge in [-0.05, 0) is 30.0 Å². The van der Waals surface area contributed by atoms with Crippen LogP contribution in [0.5, 0.6) is 0 Å². The van der Waals surface area contributed by atoms with Crippen molar-refractivity contribution in [2.75, 3.05) is 6.54 Å². The van der Waals surface area contributed by atoms with Crippen LogP contribution in [-0.2, 0) is 4.79 Å². The fourth-order valence-electron chi connectivity index (χ4n) is 1.68. The maximum absolute atomic E-state index is 11.6. The molecule has 1 amide bonds. The van der Waals surface area contributed by atoms with E-state index in [1.54, 1.807) is 12.1 Å². The van der Waals surface area contributed by atoms with Gasteiger partial charge in [0, 0.05) is 17.6 Å². The average molecular weight is 282 g/mol. The van der Waals surface area contributed by atoms with E-state index >= 15 is 0 Å². The van der Waals surface area contributed by atoms with Gasteiger partial charge >= 0.3 is 0 Å². The third-order valence-corrected chi connectivity index (χ3v) is 2.92. The van der Waals surface area contributed by atoms with Crippen LogP contribution in [0.2, 0.25) is 5.02 Å². The number of hydrogen-bond acceptors (Lipinski definition) is 2. The fraction of sp³-hybridized carbons (Fsp3) is 0.400. The number of nitrogens with one attached hydrogen (secondary N) is 1. The SMILES string of the molecule is CC(C)CC(O)CNC(=O)/C=C/c1ccccc1Cl. The Bertz CT molecular complexity index is 444. The van der Waals surface area contributed by atoms with E-state index in [4.69, 9.17) is 11.6 Å². The van der Waals surface area contributed by atoms with Gasteiger partial charge in [-0.25, -0.2) is 0 Å². The molecule has 104 valence electrons. The van der Waals surface area contributed by atoms with E-state index in [1.165, 1.54) is 6.08 Å². The Balaban J connectivity index is 2.41. The quantitative estimate of drug-likeness (QED) is 0.788. The number of aliphatic hydroxyl groups excluding tert-OH is 1. The Labute approximate surface area is 119 Å². The summed E-state index contributed by atoms with van der Waals surface area (Å²) in [5, 5.41) is 12.9. The molecule has 0 aromatic heterocycles. The number of aliphatic hydroxyl groups is 1. The molecule has 0 saturated carbocycles. The van der Waals surface area contributed by atoms with Crippen molar-refractivity contribution in [3.05, 3.63) is 40.9 Å². The summed E-state index contributed by atoms with van der Waals surface area (Å²) in [4.78, 5) is 11.6. The smallest absolute Gasteiger partial charge is 0.244 e. The Morgan fingerprint density at radius 3 is 2.74 bits per heavy atom. The van der Waals surface area contributed by atoms with Crippen LogP contribution in [0, 0.1) is 5.92 Å². The first-order valence-corrected chi connectivity index (χ1v) is 6.75. The molecule has 0 radical (unpaired) electrons. The topological polar surface area (TPSA) is 49.3 Å². The van der Waals surface area contributed by atoms with Gasteiger partial charge in [-0.15, -0.1) is 0 Å². The summed E-state index contributed by atoms with van der Waals surface area (Å²) in [7, 11) is 0. The van der Waals surface area contributed by atoms with Crippen molar-refractivity contribution in [1.29, 1.82) is 0 Å². The summed E-state index contributed by atoms with van der Waals surface area (Å²) < 4.78 is 0. The van der Waals surface area contributed by atoms with Gasteiger partial charge in [-0.1, -0.05) is 43.6 Å². The van der Waals surface area contributed by atoms with E-state index in [0.29, 0.717) is 17.4 Å². The molecule has 19 heavy (non-hydrogen) atoms. The second kappa shape index (κ2) is 7.97. The van der Waals surface area contributed by atoms with Gasteiger partial charge in [0.2, 0.25) is 5.91 Å². The Hall–Kier alpha value is -1.32.